The maximum absolute atomic E-state index is 10.2. The van der Waals surface area contributed by atoms with E-state index in [1.807, 2.05) is 27.7 Å². The lowest BCUT2D eigenvalue weighted by molar-refractivity contribution is 0.00578. The molecule has 1 aliphatic rings. The smallest absolute Gasteiger partial charge is 0.480 e. The fourth-order valence-corrected chi connectivity index (χ4v) is 2.48. The van der Waals surface area contributed by atoms with Crippen molar-refractivity contribution in [1.82, 2.24) is 0 Å². The highest BCUT2D eigenvalue weighted by molar-refractivity contribution is 6.47. The van der Waals surface area contributed by atoms with Gasteiger partial charge in [0.25, 0.3) is 0 Å². The second-order valence-electron chi connectivity index (χ2n) is 6.31. The third kappa shape index (κ3) is 2.55. The molecule has 6 heteroatoms. The largest absolute Gasteiger partial charge is 0.507 e. The fourth-order valence-electron chi connectivity index (χ4n) is 2.20. The Balaban J connectivity index is 2.32. The minimum absolute atomic E-state index is 0.136. The number of aryl methyl sites for hydroxylation is 1. The predicted octanol–water partition coefficient (Wildman–Crippen LogP) is 2.99. The summed E-state index contributed by atoms with van der Waals surface area (Å²) in [7, 11) is -0.622. The van der Waals surface area contributed by atoms with Gasteiger partial charge < -0.3 is 20.1 Å². The van der Waals surface area contributed by atoms with E-state index in [2.05, 4.69) is 0 Å². The number of aromatic hydroxyl groups is 1. The molecule has 1 saturated heterocycles. The molecule has 0 radical (unpaired) electrons. The molecule has 2 rings (SSSR count). The van der Waals surface area contributed by atoms with Crippen molar-refractivity contribution >= 4 is 18.7 Å². The van der Waals surface area contributed by atoms with E-state index in [1.54, 1.807) is 19.1 Å². The van der Waals surface area contributed by atoms with Crippen molar-refractivity contribution in [3.8, 4) is 5.75 Å². The molecule has 20 heavy (non-hydrogen) atoms. The Morgan fingerprint density at radius 1 is 1.20 bits per heavy atom. The summed E-state index contributed by atoms with van der Waals surface area (Å²) in [6.45, 7) is 9.62. The van der Waals surface area contributed by atoms with Crippen LogP contribution in [0.1, 0.15) is 44.8 Å². The minimum atomic E-state index is -0.622. The number of halogens is 1. The van der Waals surface area contributed by atoms with Crippen LogP contribution in [0.3, 0.4) is 0 Å². The van der Waals surface area contributed by atoms with Crippen LogP contribution in [0.2, 0.25) is 5.02 Å². The Labute approximate surface area is 125 Å². The highest BCUT2D eigenvalue weighted by atomic mass is 35.5. The van der Waals surface area contributed by atoms with Crippen molar-refractivity contribution in [3.05, 3.63) is 28.3 Å². The zero-order valence-electron chi connectivity index (χ0n) is 12.5. The predicted molar refractivity (Wildman–Crippen MR) is 80.9 cm³/mol. The lowest BCUT2D eigenvalue weighted by atomic mass is 9.74. The maximum atomic E-state index is 10.2. The molecule has 0 aromatic heterocycles. The van der Waals surface area contributed by atoms with Crippen LogP contribution in [0.25, 0.3) is 0 Å². The molecule has 0 amide bonds. The summed E-state index contributed by atoms with van der Waals surface area (Å²) < 4.78 is 11.8. The first-order chi connectivity index (χ1) is 9.05. The Bertz CT molecular complexity index is 517. The number of hydrogen-bond donors (Lipinski definition) is 2. The zero-order chi connectivity index (χ0) is 15.3. The topological polar surface area (TPSA) is 64.7 Å². The lowest BCUT2D eigenvalue weighted by Gasteiger charge is -2.32. The van der Waals surface area contributed by atoms with Gasteiger partial charge in [0.15, 0.2) is 0 Å². The maximum Gasteiger partial charge on any atom is 0.480 e. The standard InChI is InChI=1S/C14H21BClNO3/c1-8-6-9(16)7-10(11(8)18)12(17)15-19-13(2,3)14(4,5)20-15/h6-7,12,18H,17H2,1-5H3/t12-/m0/s1. The van der Waals surface area contributed by atoms with Crippen molar-refractivity contribution in [1.29, 1.82) is 0 Å². The summed E-state index contributed by atoms with van der Waals surface area (Å²) in [6.07, 6.45) is 0. The van der Waals surface area contributed by atoms with Gasteiger partial charge in [-0.3, -0.25) is 0 Å². The number of nitrogens with two attached hydrogens (primary N) is 1. The summed E-state index contributed by atoms with van der Waals surface area (Å²) in [5, 5.41) is 10.7. The monoisotopic (exact) mass is 297 g/mol. The van der Waals surface area contributed by atoms with Crippen molar-refractivity contribution in [2.75, 3.05) is 0 Å². The Morgan fingerprint density at radius 3 is 2.20 bits per heavy atom. The Hall–Kier alpha value is -0.745. The average Bonchev–Trinajstić information content (AvgIpc) is 2.52. The highest BCUT2D eigenvalue weighted by Crippen LogP contribution is 2.41. The van der Waals surface area contributed by atoms with E-state index in [1.165, 1.54) is 0 Å². The van der Waals surface area contributed by atoms with Gasteiger partial charge in [-0.05, 0) is 52.3 Å². The molecule has 0 aliphatic carbocycles. The van der Waals surface area contributed by atoms with Crippen LogP contribution in [0, 0.1) is 6.92 Å². The molecule has 110 valence electrons. The van der Waals surface area contributed by atoms with Crippen molar-refractivity contribution in [2.45, 2.75) is 51.8 Å². The van der Waals surface area contributed by atoms with Gasteiger partial charge in [-0.2, -0.15) is 0 Å². The number of hydrogen-bond acceptors (Lipinski definition) is 4. The first-order valence-electron chi connectivity index (χ1n) is 6.65. The summed E-state index contributed by atoms with van der Waals surface area (Å²) in [4.78, 5) is 0. The second-order valence-corrected chi connectivity index (χ2v) is 6.75. The molecule has 4 nitrogen and oxygen atoms in total. The molecule has 1 aromatic carbocycles. The summed E-state index contributed by atoms with van der Waals surface area (Å²) in [5.41, 5.74) is 6.51. The lowest BCUT2D eigenvalue weighted by Crippen LogP contribution is -2.41. The van der Waals surface area contributed by atoms with Crippen molar-refractivity contribution in [3.63, 3.8) is 0 Å². The average molecular weight is 298 g/mol. The molecule has 0 unspecified atom stereocenters. The number of phenols is 1. The molecule has 3 N–H and O–H groups in total. The van der Waals surface area contributed by atoms with Gasteiger partial charge in [-0.1, -0.05) is 11.6 Å². The fraction of sp³-hybridized carbons (Fsp3) is 0.571. The first-order valence-corrected chi connectivity index (χ1v) is 7.03. The van der Waals surface area contributed by atoms with Crippen LogP contribution in [-0.4, -0.2) is 23.4 Å². The third-order valence-corrected chi connectivity index (χ3v) is 4.44. The molecule has 0 bridgehead atoms. The number of rotatable bonds is 2. The molecule has 1 aromatic rings. The first kappa shape index (κ1) is 15.6. The number of benzene rings is 1. The second kappa shape index (κ2) is 4.91. The van der Waals surface area contributed by atoms with Crippen LogP contribution in [0.15, 0.2) is 12.1 Å². The van der Waals surface area contributed by atoms with Crippen molar-refractivity contribution in [2.24, 2.45) is 5.73 Å². The highest BCUT2D eigenvalue weighted by Gasteiger charge is 2.53. The van der Waals surface area contributed by atoms with E-state index in [0.29, 0.717) is 16.1 Å². The summed E-state index contributed by atoms with van der Waals surface area (Å²) in [5.74, 6) is -0.468. The Kier molecular flexibility index (Phi) is 3.84. The van der Waals surface area contributed by atoms with Gasteiger partial charge >= 0.3 is 7.12 Å². The van der Waals surface area contributed by atoms with Crippen LogP contribution in [0.5, 0.6) is 5.75 Å². The quantitative estimate of drug-likeness (QED) is 0.824. The molecule has 1 atom stereocenters. The van der Waals surface area contributed by atoms with Gasteiger partial charge in [-0.15, -0.1) is 0 Å². The van der Waals surface area contributed by atoms with Gasteiger partial charge in [0.1, 0.15) is 5.75 Å². The van der Waals surface area contributed by atoms with E-state index < -0.39 is 24.3 Å². The third-order valence-electron chi connectivity index (χ3n) is 4.22. The SMILES string of the molecule is Cc1cc(Cl)cc([C@H](N)B2OC(C)(C)C(C)(C)O2)c1O. The van der Waals surface area contributed by atoms with Crippen LogP contribution in [-0.2, 0) is 9.31 Å². The molecule has 1 aliphatic heterocycles. The summed E-state index contributed by atoms with van der Waals surface area (Å²) in [6, 6.07) is 3.34. The van der Waals surface area contributed by atoms with E-state index in [9.17, 15) is 5.11 Å². The minimum Gasteiger partial charge on any atom is -0.507 e. The van der Waals surface area contributed by atoms with Gasteiger partial charge in [-0.25, -0.2) is 0 Å². The zero-order valence-corrected chi connectivity index (χ0v) is 13.3. The molecule has 0 spiro atoms. The normalized spacial score (nSPS) is 22.1. The Morgan fingerprint density at radius 2 is 1.70 bits per heavy atom. The van der Waals surface area contributed by atoms with Crippen LogP contribution >= 0.6 is 11.6 Å². The van der Waals surface area contributed by atoms with Gasteiger partial charge in [0.05, 0.1) is 17.1 Å². The van der Waals surface area contributed by atoms with Crippen LogP contribution < -0.4 is 5.73 Å². The van der Waals surface area contributed by atoms with E-state index in [-0.39, 0.29) is 5.75 Å². The van der Waals surface area contributed by atoms with E-state index >= 15 is 0 Å². The van der Waals surface area contributed by atoms with Gasteiger partial charge in [0, 0.05) is 10.6 Å². The van der Waals surface area contributed by atoms with E-state index in [4.69, 9.17) is 26.6 Å². The van der Waals surface area contributed by atoms with Crippen molar-refractivity contribution < 1.29 is 14.4 Å². The summed E-state index contributed by atoms with van der Waals surface area (Å²) >= 11 is 6.04. The number of phenolic OH excluding ortho intramolecular Hbond substituents is 1. The molecule has 1 fully saturated rings. The molecular formula is C14H21BClNO3. The van der Waals surface area contributed by atoms with Gasteiger partial charge in [0.2, 0.25) is 0 Å². The van der Waals surface area contributed by atoms with Crippen LogP contribution in [0.4, 0.5) is 0 Å². The molecule has 1 heterocycles. The van der Waals surface area contributed by atoms with E-state index in [0.717, 1.165) is 0 Å². The molecule has 0 saturated carbocycles. The molecular weight excluding hydrogens is 276 g/mol.